The van der Waals surface area contributed by atoms with Crippen LogP contribution in [0.25, 0.3) is 0 Å². The summed E-state index contributed by atoms with van der Waals surface area (Å²) < 4.78 is 11.2. The Morgan fingerprint density at radius 2 is 2.33 bits per heavy atom. The van der Waals surface area contributed by atoms with Gasteiger partial charge in [0.1, 0.15) is 12.4 Å². The average Bonchev–Trinajstić information content (AvgIpc) is 2.97. The van der Waals surface area contributed by atoms with E-state index in [0.29, 0.717) is 18.1 Å². The van der Waals surface area contributed by atoms with Crippen molar-refractivity contribution in [2.45, 2.75) is 18.9 Å². The zero-order valence-electron chi connectivity index (χ0n) is 12.1. The first-order chi connectivity index (χ1) is 10.3. The van der Waals surface area contributed by atoms with Crippen molar-refractivity contribution >= 4 is 5.91 Å². The Morgan fingerprint density at radius 1 is 1.43 bits per heavy atom. The molecule has 2 heterocycles. The molecule has 21 heavy (non-hydrogen) atoms. The monoisotopic (exact) mass is 290 g/mol. The van der Waals surface area contributed by atoms with Crippen molar-refractivity contribution in [2.75, 3.05) is 32.8 Å². The molecule has 2 fully saturated rings. The Labute approximate surface area is 125 Å². The molecule has 2 aliphatic heterocycles. The summed E-state index contributed by atoms with van der Waals surface area (Å²) >= 11 is 0. The number of carbonyl (C=O) groups is 1. The van der Waals surface area contributed by atoms with Crippen molar-refractivity contribution in [1.82, 2.24) is 10.6 Å². The quantitative estimate of drug-likeness (QED) is 0.826. The molecule has 5 heteroatoms. The van der Waals surface area contributed by atoms with Gasteiger partial charge in [0.2, 0.25) is 0 Å². The number of carbonyl (C=O) groups excluding carboxylic acids is 1. The lowest BCUT2D eigenvalue weighted by molar-refractivity contribution is 0.0679. The molecule has 0 aromatic heterocycles. The number of rotatable bonds is 6. The number of hydrogen-bond acceptors (Lipinski definition) is 4. The van der Waals surface area contributed by atoms with Crippen molar-refractivity contribution in [2.24, 2.45) is 5.92 Å². The van der Waals surface area contributed by atoms with Crippen LogP contribution in [0.2, 0.25) is 0 Å². The topological polar surface area (TPSA) is 59.6 Å². The van der Waals surface area contributed by atoms with E-state index in [1.165, 1.54) is 0 Å². The van der Waals surface area contributed by atoms with E-state index in [1.54, 1.807) is 6.07 Å². The molecule has 1 aromatic rings. The lowest BCUT2D eigenvalue weighted by Gasteiger charge is -2.27. The van der Waals surface area contributed by atoms with Crippen molar-refractivity contribution in [3.05, 3.63) is 29.8 Å². The first-order valence-corrected chi connectivity index (χ1v) is 7.64. The first kappa shape index (κ1) is 14.4. The summed E-state index contributed by atoms with van der Waals surface area (Å²) in [6, 6.07) is 7.34. The molecule has 1 aromatic carbocycles. The van der Waals surface area contributed by atoms with Gasteiger partial charge in [0.25, 0.3) is 5.91 Å². The van der Waals surface area contributed by atoms with Gasteiger partial charge >= 0.3 is 0 Å². The second kappa shape index (κ2) is 6.91. The van der Waals surface area contributed by atoms with Gasteiger partial charge in [-0.2, -0.15) is 0 Å². The summed E-state index contributed by atoms with van der Waals surface area (Å²) in [5.41, 5.74) is 0.645. The summed E-state index contributed by atoms with van der Waals surface area (Å²) in [5, 5.41) is 6.16. The molecule has 2 saturated heterocycles. The highest BCUT2D eigenvalue weighted by Crippen LogP contribution is 2.17. The van der Waals surface area contributed by atoms with Crippen LogP contribution in [-0.2, 0) is 4.74 Å². The molecular formula is C16H22N2O3. The van der Waals surface area contributed by atoms with Crippen LogP contribution in [0.5, 0.6) is 5.75 Å². The van der Waals surface area contributed by atoms with Crippen LogP contribution in [0.1, 0.15) is 23.2 Å². The SMILES string of the molecule is O=C(NCC1CNC1)c1cccc(OCC2CCCO2)c1. The molecule has 2 N–H and O–H groups in total. The third-order valence-corrected chi connectivity index (χ3v) is 3.97. The van der Waals surface area contributed by atoms with E-state index in [9.17, 15) is 4.79 Å². The van der Waals surface area contributed by atoms with E-state index in [2.05, 4.69) is 10.6 Å². The van der Waals surface area contributed by atoms with Gasteiger partial charge in [-0.25, -0.2) is 0 Å². The average molecular weight is 290 g/mol. The van der Waals surface area contributed by atoms with Gasteiger partial charge in [-0.05, 0) is 31.0 Å². The van der Waals surface area contributed by atoms with E-state index in [0.717, 1.165) is 44.8 Å². The third-order valence-electron chi connectivity index (χ3n) is 3.97. The summed E-state index contributed by atoms with van der Waals surface area (Å²) in [4.78, 5) is 12.1. The van der Waals surface area contributed by atoms with Crippen LogP contribution in [0.4, 0.5) is 0 Å². The van der Waals surface area contributed by atoms with E-state index in [4.69, 9.17) is 9.47 Å². The fourth-order valence-electron chi connectivity index (χ4n) is 2.52. The van der Waals surface area contributed by atoms with E-state index in [-0.39, 0.29) is 12.0 Å². The van der Waals surface area contributed by atoms with Crippen LogP contribution in [0, 0.1) is 5.92 Å². The predicted octanol–water partition coefficient (Wildman–Crippen LogP) is 1.19. The van der Waals surface area contributed by atoms with E-state index in [1.807, 2.05) is 18.2 Å². The molecule has 2 aliphatic rings. The van der Waals surface area contributed by atoms with Crippen molar-refractivity contribution in [1.29, 1.82) is 0 Å². The number of ether oxygens (including phenoxy) is 2. The maximum absolute atomic E-state index is 12.1. The summed E-state index contributed by atoms with van der Waals surface area (Å²) in [6.07, 6.45) is 2.34. The normalized spacial score (nSPS) is 21.8. The third kappa shape index (κ3) is 3.95. The summed E-state index contributed by atoms with van der Waals surface area (Å²) in [7, 11) is 0. The molecule has 3 rings (SSSR count). The molecule has 0 bridgehead atoms. The molecule has 1 unspecified atom stereocenters. The van der Waals surface area contributed by atoms with Gasteiger partial charge in [-0.1, -0.05) is 6.07 Å². The van der Waals surface area contributed by atoms with Crippen molar-refractivity contribution in [3.8, 4) is 5.75 Å². The van der Waals surface area contributed by atoms with Gasteiger partial charge in [-0.3, -0.25) is 4.79 Å². The molecule has 0 spiro atoms. The fourth-order valence-corrected chi connectivity index (χ4v) is 2.52. The number of hydrogen-bond donors (Lipinski definition) is 2. The maximum atomic E-state index is 12.1. The van der Waals surface area contributed by atoms with Crippen LogP contribution in [-0.4, -0.2) is 44.9 Å². The van der Waals surface area contributed by atoms with Crippen molar-refractivity contribution in [3.63, 3.8) is 0 Å². The zero-order valence-corrected chi connectivity index (χ0v) is 12.1. The minimum atomic E-state index is -0.0375. The molecule has 5 nitrogen and oxygen atoms in total. The standard InChI is InChI=1S/C16H22N2O3/c19-16(18-10-12-8-17-9-12)13-3-1-4-14(7-13)21-11-15-5-2-6-20-15/h1,3-4,7,12,15,17H,2,5-6,8-11H2,(H,18,19). The molecule has 114 valence electrons. The lowest BCUT2D eigenvalue weighted by atomic mass is 10.0. The van der Waals surface area contributed by atoms with Gasteiger partial charge in [-0.15, -0.1) is 0 Å². The number of amides is 1. The molecule has 1 amide bonds. The Bertz CT molecular complexity index is 482. The molecule has 1 atom stereocenters. The first-order valence-electron chi connectivity index (χ1n) is 7.64. The Balaban J connectivity index is 1.50. The Morgan fingerprint density at radius 3 is 3.05 bits per heavy atom. The Kier molecular flexibility index (Phi) is 4.72. The van der Waals surface area contributed by atoms with Crippen LogP contribution in [0.15, 0.2) is 24.3 Å². The summed E-state index contributed by atoms with van der Waals surface area (Å²) in [5.74, 6) is 1.25. The minimum Gasteiger partial charge on any atom is -0.491 e. The van der Waals surface area contributed by atoms with Crippen molar-refractivity contribution < 1.29 is 14.3 Å². The van der Waals surface area contributed by atoms with Gasteiger partial charge in [0.05, 0.1) is 6.10 Å². The molecule has 0 saturated carbocycles. The highest BCUT2D eigenvalue weighted by Gasteiger charge is 2.18. The molecule has 0 aliphatic carbocycles. The van der Waals surface area contributed by atoms with E-state index < -0.39 is 0 Å². The highest BCUT2D eigenvalue weighted by molar-refractivity contribution is 5.94. The highest BCUT2D eigenvalue weighted by atomic mass is 16.5. The maximum Gasteiger partial charge on any atom is 0.251 e. The molecule has 0 radical (unpaired) electrons. The lowest BCUT2D eigenvalue weighted by Crippen LogP contribution is -2.48. The second-order valence-corrected chi connectivity index (χ2v) is 5.71. The minimum absolute atomic E-state index is 0.0375. The molecular weight excluding hydrogens is 268 g/mol. The van der Waals surface area contributed by atoms with E-state index >= 15 is 0 Å². The largest absolute Gasteiger partial charge is 0.491 e. The van der Waals surface area contributed by atoms with Gasteiger partial charge in [0.15, 0.2) is 0 Å². The zero-order chi connectivity index (χ0) is 14.5. The number of nitrogens with one attached hydrogen (secondary N) is 2. The second-order valence-electron chi connectivity index (χ2n) is 5.71. The van der Waals surface area contributed by atoms with Crippen LogP contribution < -0.4 is 15.4 Å². The van der Waals surface area contributed by atoms with Gasteiger partial charge < -0.3 is 20.1 Å². The predicted molar refractivity (Wildman–Crippen MR) is 79.6 cm³/mol. The fraction of sp³-hybridized carbons (Fsp3) is 0.562. The smallest absolute Gasteiger partial charge is 0.251 e. The van der Waals surface area contributed by atoms with Gasteiger partial charge in [0, 0.05) is 37.7 Å². The Hall–Kier alpha value is -1.59. The van der Waals surface area contributed by atoms with Crippen LogP contribution >= 0.6 is 0 Å². The number of benzene rings is 1. The van der Waals surface area contributed by atoms with Crippen LogP contribution in [0.3, 0.4) is 0 Å². The summed E-state index contributed by atoms with van der Waals surface area (Å²) in [6.45, 7) is 4.09.